The third-order valence-electron chi connectivity index (χ3n) is 9.25. The second-order valence-electron chi connectivity index (χ2n) is 13.1. The van der Waals surface area contributed by atoms with Crippen LogP contribution in [0.4, 0.5) is 0 Å². The summed E-state index contributed by atoms with van der Waals surface area (Å²) in [7, 11) is 0. The van der Waals surface area contributed by atoms with Crippen molar-refractivity contribution in [2.45, 2.75) is 50.5 Å². The Morgan fingerprint density at radius 1 is 0.826 bits per heavy atom. The topological polar surface area (TPSA) is 60.3 Å². The Kier molecular flexibility index (Phi) is 10.1. The van der Waals surface area contributed by atoms with E-state index in [1.165, 1.54) is 0 Å². The van der Waals surface area contributed by atoms with Gasteiger partial charge in [-0.25, -0.2) is 4.99 Å². The predicted octanol–water partition coefficient (Wildman–Crippen LogP) is 7.98. The molecule has 5 heteroatoms. The number of nitrogens with zero attached hydrogens (tertiary/aromatic N) is 1. The second-order valence-corrected chi connectivity index (χ2v) is 13.1. The van der Waals surface area contributed by atoms with Crippen molar-refractivity contribution in [3.05, 3.63) is 156 Å². The Balaban J connectivity index is 1.29. The van der Waals surface area contributed by atoms with E-state index in [2.05, 4.69) is 97.1 Å². The summed E-state index contributed by atoms with van der Waals surface area (Å²) in [5.74, 6) is 0.552. The number of hydrogen-bond acceptors (Lipinski definition) is 5. The third-order valence-corrected chi connectivity index (χ3v) is 9.25. The van der Waals surface area contributed by atoms with Crippen LogP contribution in [0.25, 0.3) is 0 Å². The predicted molar refractivity (Wildman–Crippen MR) is 184 cm³/mol. The lowest BCUT2D eigenvalue weighted by Crippen LogP contribution is -2.41. The molecule has 1 N–H and O–H groups in total. The molecular weight excluding hydrogens is 570 g/mol. The smallest absolute Gasteiger partial charge is 0.214 e. The van der Waals surface area contributed by atoms with Gasteiger partial charge in [-0.05, 0) is 60.8 Å². The number of hydrogen-bond donors (Lipinski definition) is 1. The zero-order valence-electron chi connectivity index (χ0n) is 26.9. The molecule has 4 atom stereocenters. The van der Waals surface area contributed by atoms with Crippen LogP contribution in [-0.4, -0.2) is 42.5 Å². The molecule has 0 saturated heterocycles. The fraction of sp³-hybridized carbons (Fsp3) is 0.341. The average molecular weight is 616 g/mol. The summed E-state index contributed by atoms with van der Waals surface area (Å²) in [6.07, 6.45) is 5.12. The number of ether oxygens (including phenoxy) is 3. The minimum Gasteiger partial charge on any atom is -0.477 e. The van der Waals surface area contributed by atoms with Crippen molar-refractivity contribution in [2.75, 3.05) is 19.8 Å². The van der Waals surface area contributed by atoms with Crippen LogP contribution in [0.2, 0.25) is 0 Å². The SMILES string of the molecule is CC1(C)COC(C(O)[C@H]2C=CC[C@H](COCc3ccccc3)[C@@H]2CCOC(c2ccccc2)(c2ccccc2)c2ccccc2)=N1. The first-order valence-electron chi connectivity index (χ1n) is 16.5. The summed E-state index contributed by atoms with van der Waals surface area (Å²) in [4.78, 5) is 4.74. The Morgan fingerprint density at radius 3 is 1.89 bits per heavy atom. The van der Waals surface area contributed by atoms with Gasteiger partial charge in [-0.2, -0.15) is 0 Å². The van der Waals surface area contributed by atoms with Crippen LogP contribution in [0.15, 0.2) is 138 Å². The standard InChI is InChI=1S/C41H45NO4/c1-40(2)30-45-39(42-40)38(43)37-25-15-18-32(29-44-28-31-16-7-3-8-17-31)36(37)26-27-46-41(33-19-9-4-10-20-33,34-21-11-5-12-22-34)35-23-13-6-14-24-35/h3-17,19-25,32,36-38,43H,18,26-30H2,1-2H3/t32-,36+,37+,38?/m1/s1. The Hall–Kier alpha value is -4.03. The van der Waals surface area contributed by atoms with Crippen molar-refractivity contribution in [1.29, 1.82) is 0 Å². The maximum absolute atomic E-state index is 11.7. The molecule has 4 aromatic rings. The number of allylic oxidation sites excluding steroid dienone is 1. The Morgan fingerprint density at radius 2 is 1.37 bits per heavy atom. The maximum Gasteiger partial charge on any atom is 0.214 e. The van der Waals surface area contributed by atoms with Gasteiger partial charge in [0.25, 0.3) is 0 Å². The molecular formula is C41H45NO4. The first kappa shape index (κ1) is 31.9. The van der Waals surface area contributed by atoms with Gasteiger partial charge in [-0.15, -0.1) is 0 Å². The number of benzene rings is 4. The highest BCUT2D eigenvalue weighted by atomic mass is 16.5. The summed E-state index contributed by atoms with van der Waals surface area (Å²) in [6.45, 7) is 6.17. The van der Waals surface area contributed by atoms with Crippen molar-refractivity contribution < 1.29 is 19.3 Å². The lowest BCUT2D eigenvalue weighted by molar-refractivity contribution is -0.0192. The van der Waals surface area contributed by atoms with Crippen LogP contribution >= 0.6 is 0 Å². The zero-order chi connectivity index (χ0) is 31.8. The normalized spacial score (nSPS) is 21.4. The molecule has 2 aliphatic rings. The molecule has 6 rings (SSSR count). The number of aliphatic hydroxyl groups is 1. The minimum absolute atomic E-state index is 0.0887. The van der Waals surface area contributed by atoms with Gasteiger partial charge in [0.1, 0.15) is 18.3 Å². The summed E-state index contributed by atoms with van der Waals surface area (Å²) in [5, 5.41) is 11.7. The maximum atomic E-state index is 11.7. The second kappa shape index (κ2) is 14.6. The fourth-order valence-electron chi connectivity index (χ4n) is 6.95. The molecule has 1 aliphatic carbocycles. The highest BCUT2D eigenvalue weighted by molar-refractivity contribution is 5.83. The molecule has 1 aliphatic heterocycles. The lowest BCUT2D eigenvalue weighted by Gasteiger charge is -2.39. The Bertz CT molecular complexity index is 1470. The molecule has 1 heterocycles. The number of aliphatic imine (C=N–C) groups is 1. The van der Waals surface area contributed by atoms with Crippen molar-refractivity contribution in [3.63, 3.8) is 0 Å². The summed E-state index contributed by atoms with van der Waals surface area (Å²) >= 11 is 0. The van der Waals surface area contributed by atoms with E-state index in [-0.39, 0.29) is 23.3 Å². The van der Waals surface area contributed by atoms with Gasteiger partial charge in [-0.3, -0.25) is 0 Å². The molecule has 0 saturated carbocycles. The van der Waals surface area contributed by atoms with Crippen LogP contribution in [0.1, 0.15) is 48.9 Å². The molecule has 0 bridgehead atoms. The van der Waals surface area contributed by atoms with E-state index in [1.54, 1.807) is 0 Å². The molecule has 1 unspecified atom stereocenters. The first-order valence-corrected chi connectivity index (χ1v) is 16.5. The van der Waals surface area contributed by atoms with Crippen LogP contribution in [0.3, 0.4) is 0 Å². The van der Waals surface area contributed by atoms with E-state index in [9.17, 15) is 5.11 Å². The molecule has 0 radical (unpaired) electrons. The molecule has 46 heavy (non-hydrogen) atoms. The van der Waals surface area contributed by atoms with Gasteiger partial charge in [0.2, 0.25) is 5.90 Å². The van der Waals surface area contributed by atoms with Gasteiger partial charge < -0.3 is 19.3 Å². The van der Waals surface area contributed by atoms with Gasteiger partial charge in [0.15, 0.2) is 0 Å². The van der Waals surface area contributed by atoms with Crippen molar-refractivity contribution in [1.82, 2.24) is 0 Å². The molecule has 4 aromatic carbocycles. The van der Waals surface area contributed by atoms with E-state index < -0.39 is 11.7 Å². The fourth-order valence-corrected chi connectivity index (χ4v) is 6.95. The largest absolute Gasteiger partial charge is 0.477 e. The highest BCUT2D eigenvalue weighted by Crippen LogP contribution is 2.42. The van der Waals surface area contributed by atoms with E-state index in [4.69, 9.17) is 19.2 Å². The van der Waals surface area contributed by atoms with Crippen molar-refractivity contribution in [2.24, 2.45) is 22.7 Å². The minimum atomic E-state index is -0.831. The van der Waals surface area contributed by atoms with E-state index in [0.29, 0.717) is 32.3 Å². The van der Waals surface area contributed by atoms with Crippen LogP contribution in [0, 0.1) is 17.8 Å². The lowest BCUT2D eigenvalue weighted by atomic mass is 9.72. The molecule has 0 fully saturated rings. The van der Waals surface area contributed by atoms with Crippen LogP contribution < -0.4 is 0 Å². The average Bonchev–Trinajstić information content (AvgIpc) is 3.48. The number of rotatable bonds is 13. The van der Waals surface area contributed by atoms with Gasteiger partial charge in [-0.1, -0.05) is 133 Å². The first-order chi connectivity index (χ1) is 22.5. The van der Waals surface area contributed by atoms with Gasteiger partial charge in [0, 0.05) is 12.5 Å². The quantitative estimate of drug-likeness (QED) is 0.122. The van der Waals surface area contributed by atoms with Gasteiger partial charge >= 0.3 is 0 Å². The highest BCUT2D eigenvalue weighted by Gasteiger charge is 2.42. The van der Waals surface area contributed by atoms with E-state index in [0.717, 1.165) is 35.1 Å². The summed E-state index contributed by atoms with van der Waals surface area (Å²) < 4.78 is 19.4. The summed E-state index contributed by atoms with van der Waals surface area (Å²) in [6, 6.07) is 41.7. The van der Waals surface area contributed by atoms with Crippen LogP contribution in [-0.2, 0) is 26.4 Å². The number of aliphatic hydroxyl groups excluding tert-OH is 1. The molecule has 0 amide bonds. The van der Waals surface area contributed by atoms with E-state index >= 15 is 0 Å². The summed E-state index contributed by atoms with van der Waals surface area (Å²) in [5.41, 5.74) is 3.24. The monoisotopic (exact) mass is 615 g/mol. The van der Waals surface area contributed by atoms with Gasteiger partial charge in [0.05, 0.1) is 18.8 Å². The van der Waals surface area contributed by atoms with Crippen molar-refractivity contribution in [3.8, 4) is 0 Å². The van der Waals surface area contributed by atoms with Crippen molar-refractivity contribution >= 4 is 5.90 Å². The molecule has 238 valence electrons. The molecule has 0 spiro atoms. The van der Waals surface area contributed by atoms with Crippen LogP contribution in [0.5, 0.6) is 0 Å². The molecule has 5 nitrogen and oxygen atoms in total. The van der Waals surface area contributed by atoms with E-state index in [1.807, 2.05) is 50.2 Å². The zero-order valence-corrected chi connectivity index (χ0v) is 26.9. The Labute approximate surface area is 273 Å². The molecule has 0 aromatic heterocycles. The third kappa shape index (κ3) is 7.18.